The molecule has 2 aromatic rings. The molecule has 6 heteroatoms. The standard InChI is InChI=1S/C23H23NO5/c25-15-6-5-11-23(12-15,21(26)27)14-24-22(28)29-13-20-18-9-3-1-7-16(18)17-8-2-4-10-19(17)20/h1-4,7-10,20H,5-6,11-14H2,(H,24,28)(H,26,27). The number of hydrogen-bond donors (Lipinski definition) is 2. The normalized spacial score (nSPS) is 20.6. The van der Waals surface area contributed by atoms with E-state index in [0.717, 1.165) is 22.3 Å². The lowest BCUT2D eigenvalue weighted by Crippen LogP contribution is -2.46. The van der Waals surface area contributed by atoms with Crippen molar-refractivity contribution in [3.05, 3.63) is 59.7 Å². The van der Waals surface area contributed by atoms with Crippen molar-refractivity contribution in [1.29, 1.82) is 0 Å². The second-order valence-corrected chi connectivity index (χ2v) is 7.83. The van der Waals surface area contributed by atoms with Gasteiger partial charge in [0, 0.05) is 25.3 Å². The summed E-state index contributed by atoms with van der Waals surface area (Å²) in [5.74, 6) is -1.18. The highest BCUT2D eigenvalue weighted by atomic mass is 16.5. The predicted octanol–water partition coefficient (Wildman–Crippen LogP) is 3.74. The average molecular weight is 393 g/mol. The molecule has 2 aromatic carbocycles. The number of carboxylic acids is 1. The third kappa shape index (κ3) is 3.62. The molecule has 2 aliphatic carbocycles. The van der Waals surface area contributed by atoms with E-state index in [1.165, 1.54) is 0 Å². The van der Waals surface area contributed by atoms with Crippen LogP contribution >= 0.6 is 0 Å². The first-order valence-corrected chi connectivity index (χ1v) is 9.84. The van der Waals surface area contributed by atoms with Crippen LogP contribution in [0.1, 0.15) is 42.7 Å². The molecule has 1 amide bonds. The summed E-state index contributed by atoms with van der Waals surface area (Å²) in [6, 6.07) is 16.1. The summed E-state index contributed by atoms with van der Waals surface area (Å²) in [6.45, 7) is 0.0591. The number of Topliss-reactive ketones (excluding diaryl/α,β-unsaturated/α-hetero) is 1. The molecular weight excluding hydrogens is 370 g/mol. The highest BCUT2D eigenvalue weighted by Gasteiger charge is 2.43. The number of fused-ring (bicyclic) bond motifs is 3. The number of aliphatic carboxylic acids is 1. The molecule has 1 atom stereocenters. The second-order valence-electron chi connectivity index (χ2n) is 7.83. The Morgan fingerprint density at radius 2 is 1.69 bits per heavy atom. The molecule has 1 saturated carbocycles. The molecule has 0 aliphatic heterocycles. The fourth-order valence-corrected chi connectivity index (χ4v) is 4.48. The molecule has 6 nitrogen and oxygen atoms in total. The summed E-state index contributed by atoms with van der Waals surface area (Å²) < 4.78 is 5.45. The van der Waals surface area contributed by atoms with Crippen molar-refractivity contribution in [2.24, 2.45) is 5.41 Å². The lowest BCUT2D eigenvalue weighted by Gasteiger charge is -2.32. The van der Waals surface area contributed by atoms with Gasteiger partial charge in [0.15, 0.2) is 0 Å². The molecule has 0 spiro atoms. The first-order chi connectivity index (χ1) is 14.0. The van der Waals surface area contributed by atoms with E-state index in [2.05, 4.69) is 17.4 Å². The van der Waals surface area contributed by atoms with Crippen LogP contribution in [0, 0.1) is 5.41 Å². The van der Waals surface area contributed by atoms with Crippen molar-refractivity contribution >= 4 is 17.8 Å². The van der Waals surface area contributed by atoms with Crippen LogP contribution in [0.2, 0.25) is 0 Å². The van der Waals surface area contributed by atoms with Crippen LogP contribution in [0.5, 0.6) is 0 Å². The van der Waals surface area contributed by atoms with Crippen molar-refractivity contribution in [3.8, 4) is 11.1 Å². The minimum Gasteiger partial charge on any atom is -0.481 e. The molecule has 0 saturated heterocycles. The number of ether oxygens (including phenoxy) is 1. The van der Waals surface area contributed by atoms with Crippen LogP contribution < -0.4 is 5.32 Å². The van der Waals surface area contributed by atoms with E-state index in [0.29, 0.717) is 19.3 Å². The molecule has 29 heavy (non-hydrogen) atoms. The number of carbonyl (C=O) groups excluding carboxylic acids is 2. The number of carboxylic acid groups (broad SMARTS) is 1. The Labute approximate surface area is 168 Å². The van der Waals surface area contributed by atoms with Gasteiger partial charge >= 0.3 is 12.1 Å². The van der Waals surface area contributed by atoms with E-state index in [1.54, 1.807) is 0 Å². The summed E-state index contributed by atoms with van der Waals surface area (Å²) >= 11 is 0. The molecule has 0 bridgehead atoms. The smallest absolute Gasteiger partial charge is 0.407 e. The third-order valence-corrected chi connectivity index (χ3v) is 6.01. The fourth-order valence-electron chi connectivity index (χ4n) is 4.48. The molecule has 2 aliphatic rings. The zero-order chi connectivity index (χ0) is 20.4. The van der Waals surface area contributed by atoms with Crippen molar-refractivity contribution in [2.45, 2.75) is 31.6 Å². The summed E-state index contributed by atoms with van der Waals surface area (Å²) in [7, 11) is 0. The summed E-state index contributed by atoms with van der Waals surface area (Å²) in [5, 5.41) is 12.2. The molecule has 0 heterocycles. The van der Waals surface area contributed by atoms with E-state index >= 15 is 0 Å². The quantitative estimate of drug-likeness (QED) is 0.807. The summed E-state index contributed by atoms with van der Waals surface area (Å²) in [5.41, 5.74) is 3.27. The Balaban J connectivity index is 1.41. The third-order valence-electron chi connectivity index (χ3n) is 6.01. The van der Waals surface area contributed by atoms with Crippen molar-refractivity contribution < 1.29 is 24.2 Å². The molecule has 150 valence electrons. The molecule has 0 radical (unpaired) electrons. The van der Waals surface area contributed by atoms with E-state index in [4.69, 9.17) is 4.74 Å². The van der Waals surface area contributed by atoms with E-state index in [-0.39, 0.29) is 31.3 Å². The maximum Gasteiger partial charge on any atom is 0.407 e. The number of carbonyl (C=O) groups is 3. The van der Waals surface area contributed by atoms with Crippen LogP contribution in [-0.4, -0.2) is 36.1 Å². The number of amides is 1. The van der Waals surface area contributed by atoms with Crippen LogP contribution in [0.25, 0.3) is 11.1 Å². The topological polar surface area (TPSA) is 92.7 Å². The van der Waals surface area contributed by atoms with Gasteiger partial charge < -0.3 is 15.2 Å². The number of hydrogen-bond acceptors (Lipinski definition) is 4. The van der Waals surface area contributed by atoms with Crippen molar-refractivity contribution in [3.63, 3.8) is 0 Å². The zero-order valence-corrected chi connectivity index (χ0v) is 16.0. The van der Waals surface area contributed by atoms with Gasteiger partial charge in [0.1, 0.15) is 12.4 Å². The average Bonchev–Trinajstić information content (AvgIpc) is 3.04. The van der Waals surface area contributed by atoms with Gasteiger partial charge in [-0.15, -0.1) is 0 Å². The zero-order valence-electron chi connectivity index (χ0n) is 16.0. The molecular formula is C23H23NO5. The van der Waals surface area contributed by atoms with Crippen LogP contribution in [0.4, 0.5) is 4.79 Å². The van der Waals surface area contributed by atoms with Crippen molar-refractivity contribution in [1.82, 2.24) is 5.32 Å². The lowest BCUT2D eigenvalue weighted by molar-refractivity contribution is -0.153. The van der Waals surface area contributed by atoms with Gasteiger partial charge in [0.25, 0.3) is 0 Å². The van der Waals surface area contributed by atoms with Crippen LogP contribution in [-0.2, 0) is 14.3 Å². The number of rotatable bonds is 5. The Morgan fingerprint density at radius 3 is 2.28 bits per heavy atom. The van der Waals surface area contributed by atoms with Gasteiger partial charge in [-0.2, -0.15) is 0 Å². The first-order valence-electron chi connectivity index (χ1n) is 9.84. The molecule has 1 fully saturated rings. The van der Waals surface area contributed by atoms with Gasteiger partial charge in [-0.05, 0) is 35.1 Å². The van der Waals surface area contributed by atoms with E-state index in [9.17, 15) is 19.5 Å². The van der Waals surface area contributed by atoms with E-state index < -0.39 is 17.5 Å². The highest BCUT2D eigenvalue weighted by molar-refractivity contribution is 5.88. The number of ketones is 1. The summed E-state index contributed by atoms with van der Waals surface area (Å²) in [4.78, 5) is 35.8. The van der Waals surface area contributed by atoms with Crippen molar-refractivity contribution in [2.75, 3.05) is 13.2 Å². The monoisotopic (exact) mass is 393 g/mol. The van der Waals surface area contributed by atoms with E-state index in [1.807, 2.05) is 36.4 Å². The number of benzene rings is 2. The molecule has 2 N–H and O–H groups in total. The van der Waals surface area contributed by atoms with Crippen LogP contribution in [0.3, 0.4) is 0 Å². The molecule has 4 rings (SSSR count). The highest BCUT2D eigenvalue weighted by Crippen LogP contribution is 2.44. The minimum atomic E-state index is -1.24. The lowest BCUT2D eigenvalue weighted by atomic mass is 9.73. The van der Waals surface area contributed by atoms with Gasteiger partial charge in [0.05, 0.1) is 5.41 Å². The maximum atomic E-state index is 12.3. The van der Waals surface area contributed by atoms with Gasteiger partial charge in [-0.1, -0.05) is 48.5 Å². The second kappa shape index (κ2) is 7.70. The Morgan fingerprint density at radius 1 is 1.07 bits per heavy atom. The van der Waals surface area contributed by atoms with Gasteiger partial charge in [-0.3, -0.25) is 9.59 Å². The minimum absolute atomic E-state index is 0.0496. The number of nitrogens with one attached hydrogen (secondary N) is 1. The largest absolute Gasteiger partial charge is 0.481 e. The Hall–Kier alpha value is -3.15. The molecule has 0 aromatic heterocycles. The first kappa shape index (κ1) is 19.2. The van der Waals surface area contributed by atoms with Crippen LogP contribution in [0.15, 0.2) is 48.5 Å². The Kier molecular flexibility index (Phi) is 5.09. The van der Waals surface area contributed by atoms with Gasteiger partial charge in [-0.25, -0.2) is 4.79 Å². The Bertz CT molecular complexity index is 924. The fraction of sp³-hybridized carbons (Fsp3) is 0.348. The maximum absolute atomic E-state index is 12.3. The predicted molar refractivity (Wildman–Crippen MR) is 107 cm³/mol. The molecule has 1 unspecified atom stereocenters. The van der Waals surface area contributed by atoms with Gasteiger partial charge in [0.2, 0.25) is 0 Å². The number of alkyl carbamates (subject to hydrolysis) is 1. The summed E-state index contributed by atoms with van der Waals surface area (Å²) in [6.07, 6.45) is 0.590. The SMILES string of the molecule is O=C1CCCC(CNC(=O)OCC2c3ccccc3-c3ccccc32)(C(=O)O)C1.